The molecule has 1 N–H and O–H groups in total. The van der Waals surface area contributed by atoms with Crippen molar-refractivity contribution in [3.8, 4) is 0 Å². The van der Waals surface area contributed by atoms with Crippen molar-refractivity contribution in [2.24, 2.45) is 5.92 Å². The van der Waals surface area contributed by atoms with Crippen LogP contribution in [0.25, 0.3) is 0 Å². The fraction of sp³-hybridized carbons (Fsp3) is 0.375. The van der Waals surface area contributed by atoms with E-state index < -0.39 is 0 Å². The summed E-state index contributed by atoms with van der Waals surface area (Å²) < 4.78 is 6.30. The molecule has 0 unspecified atom stereocenters. The summed E-state index contributed by atoms with van der Waals surface area (Å²) in [7, 11) is 0. The first kappa shape index (κ1) is 15.5. The van der Waals surface area contributed by atoms with Crippen LogP contribution < -0.4 is 5.32 Å². The molecule has 0 spiro atoms. The van der Waals surface area contributed by atoms with Crippen molar-refractivity contribution in [1.29, 1.82) is 0 Å². The van der Waals surface area contributed by atoms with Gasteiger partial charge < -0.3 is 10.1 Å². The quantitative estimate of drug-likeness (QED) is 0.922. The number of hydrogen-bond acceptors (Lipinski definition) is 5. The van der Waals surface area contributed by atoms with E-state index in [1.807, 2.05) is 31.4 Å². The number of amides is 1. The third-order valence-corrected chi connectivity index (χ3v) is 5.61. The number of carbonyl (C=O) groups excluding carboxylic acids is 1. The number of nitrogens with zero attached hydrogens (tertiary/aromatic N) is 1. The number of carbonyl (C=O) groups is 1. The van der Waals surface area contributed by atoms with Gasteiger partial charge in [-0.15, -0.1) is 11.3 Å². The normalized spacial score (nSPS) is 17.6. The Hall–Kier alpha value is -1.37. The van der Waals surface area contributed by atoms with Gasteiger partial charge in [0.1, 0.15) is 0 Å². The zero-order valence-electron chi connectivity index (χ0n) is 12.6. The molecule has 6 heteroatoms. The number of hydrogen-bond donors (Lipinski definition) is 1. The van der Waals surface area contributed by atoms with Gasteiger partial charge in [0.15, 0.2) is 4.34 Å². The van der Waals surface area contributed by atoms with Crippen LogP contribution >= 0.6 is 23.1 Å². The van der Waals surface area contributed by atoms with E-state index in [9.17, 15) is 4.79 Å². The van der Waals surface area contributed by atoms with E-state index in [0.717, 1.165) is 32.6 Å². The highest BCUT2D eigenvalue weighted by molar-refractivity contribution is 8.01. The molecule has 4 nitrogen and oxygen atoms in total. The minimum Gasteiger partial charge on any atom is -0.381 e. The molecule has 1 aromatic carbocycles. The molecule has 22 heavy (non-hydrogen) atoms. The predicted octanol–water partition coefficient (Wildman–Crippen LogP) is 3.89. The zero-order chi connectivity index (χ0) is 15.5. The van der Waals surface area contributed by atoms with Gasteiger partial charge in [-0.2, -0.15) is 0 Å². The molecular weight excluding hydrogens is 316 g/mol. The molecule has 3 rings (SSSR count). The second-order valence-electron chi connectivity index (χ2n) is 5.38. The van der Waals surface area contributed by atoms with Crippen molar-refractivity contribution < 1.29 is 9.53 Å². The average molecular weight is 334 g/mol. The molecule has 1 saturated heterocycles. The van der Waals surface area contributed by atoms with Gasteiger partial charge in [0.2, 0.25) is 5.91 Å². The maximum atomic E-state index is 12.1. The molecule has 1 aromatic heterocycles. The number of nitrogens with one attached hydrogen (secondary N) is 1. The van der Waals surface area contributed by atoms with Crippen molar-refractivity contribution >= 4 is 34.7 Å². The fourth-order valence-electron chi connectivity index (χ4n) is 2.30. The van der Waals surface area contributed by atoms with Gasteiger partial charge in [-0.25, -0.2) is 4.98 Å². The number of benzene rings is 1. The van der Waals surface area contributed by atoms with E-state index >= 15 is 0 Å². The van der Waals surface area contributed by atoms with Gasteiger partial charge in [0.25, 0.3) is 0 Å². The molecule has 1 fully saturated rings. The summed E-state index contributed by atoms with van der Waals surface area (Å²) in [5.41, 5.74) is 2.98. The summed E-state index contributed by atoms with van der Waals surface area (Å²) in [6.07, 6.45) is 0.808. The molecule has 2 heterocycles. The molecule has 0 aliphatic carbocycles. The monoisotopic (exact) mass is 334 g/mol. The molecule has 1 aliphatic rings. The largest absolute Gasteiger partial charge is 0.381 e. The number of ether oxygens (including phenoxy) is 1. The van der Waals surface area contributed by atoms with Crippen molar-refractivity contribution in [2.75, 3.05) is 18.5 Å². The molecule has 1 atom stereocenters. The summed E-state index contributed by atoms with van der Waals surface area (Å²) >= 11 is 3.30. The minimum atomic E-state index is -0.0215. The van der Waals surface area contributed by atoms with Crippen LogP contribution in [0.5, 0.6) is 0 Å². The van der Waals surface area contributed by atoms with E-state index in [0.29, 0.717) is 13.2 Å². The van der Waals surface area contributed by atoms with Gasteiger partial charge in [0.05, 0.1) is 12.5 Å². The Balaban J connectivity index is 1.67. The fourth-order valence-corrected chi connectivity index (χ4v) is 4.21. The summed E-state index contributed by atoms with van der Waals surface area (Å²) in [6.45, 7) is 5.22. The Labute approximate surface area is 138 Å². The molecule has 0 saturated carbocycles. The summed E-state index contributed by atoms with van der Waals surface area (Å²) in [6, 6.07) is 6.07. The van der Waals surface area contributed by atoms with Crippen LogP contribution in [-0.2, 0) is 9.53 Å². The SMILES string of the molecule is Cc1csc(Sc2ccc(NC(=O)[C@H]3CCOC3)c(C)c2)n1. The van der Waals surface area contributed by atoms with Crippen molar-refractivity contribution in [1.82, 2.24) is 4.98 Å². The van der Waals surface area contributed by atoms with Gasteiger partial charge in [-0.3, -0.25) is 4.79 Å². The second-order valence-corrected chi connectivity index (χ2v) is 7.56. The Morgan fingerprint density at radius 3 is 2.95 bits per heavy atom. The van der Waals surface area contributed by atoms with E-state index in [4.69, 9.17) is 4.74 Å². The van der Waals surface area contributed by atoms with Crippen LogP contribution in [0.3, 0.4) is 0 Å². The number of rotatable bonds is 4. The number of aromatic nitrogens is 1. The predicted molar refractivity (Wildman–Crippen MR) is 89.7 cm³/mol. The van der Waals surface area contributed by atoms with Crippen LogP contribution in [0, 0.1) is 19.8 Å². The molecule has 1 amide bonds. The lowest BCUT2D eigenvalue weighted by molar-refractivity contribution is -0.119. The Kier molecular flexibility index (Phi) is 4.81. The van der Waals surface area contributed by atoms with Crippen LogP contribution in [0.4, 0.5) is 5.69 Å². The minimum absolute atomic E-state index is 0.0215. The molecule has 0 bridgehead atoms. The smallest absolute Gasteiger partial charge is 0.229 e. The van der Waals surface area contributed by atoms with Gasteiger partial charge in [0, 0.05) is 28.3 Å². The van der Waals surface area contributed by atoms with Crippen molar-refractivity contribution in [3.63, 3.8) is 0 Å². The van der Waals surface area contributed by atoms with E-state index in [2.05, 4.69) is 16.4 Å². The maximum absolute atomic E-state index is 12.1. The molecule has 2 aromatic rings. The van der Waals surface area contributed by atoms with Crippen molar-refractivity contribution in [3.05, 3.63) is 34.8 Å². The van der Waals surface area contributed by atoms with Gasteiger partial charge >= 0.3 is 0 Å². The molecule has 0 radical (unpaired) electrons. The van der Waals surface area contributed by atoms with Crippen LogP contribution in [-0.4, -0.2) is 24.1 Å². The first-order valence-corrected chi connectivity index (χ1v) is 8.90. The molecular formula is C16H18N2O2S2. The third-order valence-electron chi connectivity index (χ3n) is 3.56. The maximum Gasteiger partial charge on any atom is 0.229 e. The summed E-state index contributed by atoms with van der Waals surface area (Å²) in [5.74, 6) is 0.0308. The number of anilines is 1. The standard InChI is InChI=1S/C16H18N2O2S2/c1-10-7-13(22-16-17-11(2)9-21-16)3-4-14(10)18-15(19)12-5-6-20-8-12/h3-4,7,9,12H,5-6,8H2,1-2H3,(H,18,19)/t12-/m0/s1. The highest BCUT2D eigenvalue weighted by atomic mass is 32.2. The van der Waals surface area contributed by atoms with E-state index in [1.54, 1.807) is 23.1 Å². The first-order chi connectivity index (χ1) is 10.6. The first-order valence-electron chi connectivity index (χ1n) is 7.21. The summed E-state index contributed by atoms with van der Waals surface area (Å²) in [5, 5.41) is 5.06. The Morgan fingerprint density at radius 1 is 1.45 bits per heavy atom. The van der Waals surface area contributed by atoms with Gasteiger partial charge in [-0.05, 0) is 44.0 Å². The van der Waals surface area contributed by atoms with Crippen LogP contribution in [0.15, 0.2) is 32.8 Å². The Bertz CT molecular complexity index is 679. The van der Waals surface area contributed by atoms with Gasteiger partial charge in [-0.1, -0.05) is 11.8 Å². The number of thiazole rings is 1. The van der Waals surface area contributed by atoms with E-state index in [-0.39, 0.29) is 11.8 Å². The topological polar surface area (TPSA) is 51.2 Å². The zero-order valence-corrected chi connectivity index (χ0v) is 14.2. The molecule has 116 valence electrons. The number of aryl methyl sites for hydroxylation is 2. The molecule has 1 aliphatic heterocycles. The van der Waals surface area contributed by atoms with Crippen molar-refractivity contribution in [2.45, 2.75) is 29.5 Å². The highest BCUT2D eigenvalue weighted by Crippen LogP contribution is 2.32. The highest BCUT2D eigenvalue weighted by Gasteiger charge is 2.23. The lowest BCUT2D eigenvalue weighted by atomic mass is 10.1. The average Bonchev–Trinajstić information content (AvgIpc) is 3.13. The van der Waals surface area contributed by atoms with Crippen LogP contribution in [0.1, 0.15) is 17.7 Å². The lowest BCUT2D eigenvalue weighted by Gasteiger charge is -2.12. The third kappa shape index (κ3) is 3.69. The second kappa shape index (κ2) is 6.81. The lowest BCUT2D eigenvalue weighted by Crippen LogP contribution is -2.23. The summed E-state index contributed by atoms with van der Waals surface area (Å²) in [4.78, 5) is 17.7. The van der Waals surface area contributed by atoms with E-state index in [1.165, 1.54) is 0 Å². The van der Waals surface area contributed by atoms with Crippen LogP contribution in [0.2, 0.25) is 0 Å². The Morgan fingerprint density at radius 2 is 2.32 bits per heavy atom.